The van der Waals surface area contributed by atoms with Gasteiger partial charge in [-0.25, -0.2) is 0 Å². The Bertz CT molecular complexity index is 273. The van der Waals surface area contributed by atoms with E-state index >= 15 is 0 Å². The minimum atomic E-state index is -3.46. The van der Waals surface area contributed by atoms with Crippen LogP contribution in [0.15, 0.2) is 0 Å². The van der Waals surface area contributed by atoms with E-state index in [0.717, 1.165) is 0 Å². The topological polar surface area (TPSA) is 70.7 Å². The van der Waals surface area contributed by atoms with Gasteiger partial charge in [0.2, 0.25) is 0 Å². The molecule has 15 heavy (non-hydrogen) atoms. The molecule has 0 bridgehead atoms. The maximum absolute atomic E-state index is 11.6. The van der Waals surface area contributed by atoms with Crippen molar-refractivity contribution in [2.45, 2.75) is 13.8 Å². The zero-order valence-electron chi connectivity index (χ0n) is 9.19. The molecule has 1 aliphatic heterocycles. The third kappa shape index (κ3) is 4.43. The van der Waals surface area contributed by atoms with Crippen molar-refractivity contribution in [1.29, 1.82) is 0 Å². The summed E-state index contributed by atoms with van der Waals surface area (Å²) in [4.78, 5) is 7.04. The molecule has 0 aromatic heterocycles. The molecule has 0 spiro atoms. The molecule has 0 radical (unpaired) electrons. The van der Waals surface area contributed by atoms with E-state index in [2.05, 4.69) is 10.2 Å². The van der Waals surface area contributed by atoms with E-state index in [-0.39, 0.29) is 0 Å². The molecule has 0 amide bonds. The van der Waals surface area contributed by atoms with E-state index in [1.54, 1.807) is 0 Å². The molecular formula is C8H19N3O3S. The van der Waals surface area contributed by atoms with E-state index in [1.807, 2.05) is 13.8 Å². The van der Waals surface area contributed by atoms with Gasteiger partial charge in [0.25, 0.3) is 0 Å². The predicted molar refractivity (Wildman–Crippen MR) is 57.3 cm³/mol. The minimum Gasteiger partial charge on any atom is -0.314 e. The first-order valence-corrected chi connectivity index (χ1v) is 6.56. The van der Waals surface area contributed by atoms with Crippen LogP contribution in [0.4, 0.5) is 0 Å². The monoisotopic (exact) mass is 237 g/mol. The summed E-state index contributed by atoms with van der Waals surface area (Å²) in [6, 6.07) is 0. The van der Waals surface area contributed by atoms with Crippen molar-refractivity contribution in [2.24, 2.45) is 5.92 Å². The summed E-state index contributed by atoms with van der Waals surface area (Å²) < 4.78 is 24.6. The van der Waals surface area contributed by atoms with Gasteiger partial charge in [-0.05, 0) is 5.92 Å². The van der Waals surface area contributed by atoms with Gasteiger partial charge in [0.05, 0.1) is 6.61 Å². The van der Waals surface area contributed by atoms with E-state index in [0.29, 0.717) is 38.7 Å². The highest BCUT2D eigenvalue weighted by Crippen LogP contribution is 2.00. The number of hydrogen-bond acceptors (Lipinski definition) is 4. The quantitative estimate of drug-likeness (QED) is 0.621. The largest absolute Gasteiger partial charge is 0.314 e. The molecule has 0 aliphatic carbocycles. The van der Waals surface area contributed by atoms with Gasteiger partial charge in [-0.1, -0.05) is 18.7 Å². The van der Waals surface area contributed by atoms with Crippen LogP contribution in [0.1, 0.15) is 13.8 Å². The van der Waals surface area contributed by atoms with Crippen LogP contribution in [-0.4, -0.2) is 45.5 Å². The molecule has 2 N–H and O–H groups in total. The maximum Gasteiger partial charge on any atom is 0.301 e. The highest BCUT2D eigenvalue weighted by molar-refractivity contribution is 7.87. The van der Waals surface area contributed by atoms with Gasteiger partial charge in [-0.15, -0.1) is 0 Å². The van der Waals surface area contributed by atoms with Gasteiger partial charge in [0.15, 0.2) is 0 Å². The summed E-state index contributed by atoms with van der Waals surface area (Å²) in [5.41, 5.74) is 0. The normalized spacial score (nSPS) is 19.7. The summed E-state index contributed by atoms with van der Waals surface area (Å²) in [6.45, 7) is 6.64. The van der Waals surface area contributed by atoms with Crippen LogP contribution in [0.2, 0.25) is 0 Å². The molecule has 1 saturated heterocycles. The van der Waals surface area contributed by atoms with E-state index in [4.69, 9.17) is 4.84 Å². The average molecular weight is 237 g/mol. The van der Waals surface area contributed by atoms with Crippen LogP contribution in [0.3, 0.4) is 0 Å². The van der Waals surface area contributed by atoms with Crippen LogP contribution in [0.5, 0.6) is 0 Å². The average Bonchev–Trinajstić information content (AvgIpc) is 2.18. The van der Waals surface area contributed by atoms with Crippen molar-refractivity contribution in [3.63, 3.8) is 0 Å². The lowest BCUT2D eigenvalue weighted by Gasteiger charge is -2.26. The van der Waals surface area contributed by atoms with Crippen LogP contribution in [0.25, 0.3) is 0 Å². The number of nitrogens with one attached hydrogen (secondary N) is 2. The van der Waals surface area contributed by atoms with E-state index < -0.39 is 10.2 Å². The minimum absolute atomic E-state index is 0.302. The summed E-state index contributed by atoms with van der Waals surface area (Å²) in [6.07, 6.45) is 0. The molecule has 7 heteroatoms. The van der Waals surface area contributed by atoms with Crippen molar-refractivity contribution in [3.8, 4) is 0 Å². The standard InChI is InChI=1S/C8H19N3O3S/c1-8(2)7-14-10-15(12,13)11-5-3-9-4-6-11/h8-10H,3-7H2,1-2H3. The fourth-order valence-electron chi connectivity index (χ4n) is 1.21. The molecule has 1 heterocycles. The zero-order chi connectivity index (χ0) is 11.3. The molecular weight excluding hydrogens is 218 g/mol. The highest BCUT2D eigenvalue weighted by atomic mass is 32.2. The summed E-state index contributed by atoms with van der Waals surface area (Å²) in [7, 11) is -3.46. The fourth-order valence-corrected chi connectivity index (χ4v) is 2.20. The summed E-state index contributed by atoms with van der Waals surface area (Å²) in [5, 5.41) is 3.09. The Morgan fingerprint density at radius 1 is 1.40 bits per heavy atom. The Hall–Kier alpha value is -0.210. The van der Waals surface area contributed by atoms with Crippen molar-refractivity contribution in [3.05, 3.63) is 0 Å². The number of hydrogen-bond donors (Lipinski definition) is 2. The van der Waals surface area contributed by atoms with Crippen LogP contribution >= 0.6 is 0 Å². The van der Waals surface area contributed by atoms with Gasteiger partial charge >= 0.3 is 10.2 Å². The SMILES string of the molecule is CC(C)CONS(=O)(=O)N1CCNCC1. The Kier molecular flexibility index (Phi) is 4.94. The van der Waals surface area contributed by atoms with Gasteiger partial charge in [-0.2, -0.15) is 12.7 Å². The smallest absolute Gasteiger partial charge is 0.301 e. The molecule has 6 nitrogen and oxygen atoms in total. The van der Waals surface area contributed by atoms with E-state index in [9.17, 15) is 8.42 Å². The van der Waals surface area contributed by atoms with Gasteiger partial charge < -0.3 is 5.32 Å². The molecule has 0 saturated carbocycles. The van der Waals surface area contributed by atoms with E-state index in [1.165, 1.54) is 4.31 Å². The van der Waals surface area contributed by atoms with Crippen molar-refractivity contribution < 1.29 is 13.3 Å². The van der Waals surface area contributed by atoms with Crippen LogP contribution in [0, 0.1) is 5.92 Å². The van der Waals surface area contributed by atoms with Gasteiger partial charge in [0, 0.05) is 26.2 Å². The molecule has 0 atom stereocenters. The molecule has 90 valence electrons. The summed E-state index contributed by atoms with van der Waals surface area (Å²) >= 11 is 0. The molecule has 0 aromatic rings. The molecule has 1 rings (SSSR count). The molecule has 1 fully saturated rings. The van der Waals surface area contributed by atoms with Crippen molar-refractivity contribution in [1.82, 2.24) is 14.5 Å². The van der Waals surface area contributed by atoms with Gasteiger partial charge in [-0.3, -0.25) is 4.84 Å². The lowest BCUT2D eigenvalue weighted by atomic mass is 10.2. The Morgan fingerprint density at radius 2 is 2.00 bits per heavy atom. The summed E-state index contributed by atoms with van der Waals surface area (Å²) in [5.74, 6) is 0.302. The highest BCUT2D eigenvalue weighted by Gasteiger charge is 2.23. The predicted octanol–water partition coefficient (Wildman–Crippen LogP) is -0.686. The first-order valence-electron chi connectivity index (χ1n) is 5.12. The Balaban J connectivity index is 2.36. The first-order chi connectivity index (χ1) is 7.02. The van der Waals surface area contributed by atoms with Crippen LogP contribution < -0.4 is 10.2 Å². The molecule has 0 aromatic carbocycles. The van der Waals surface area contributed by atoms with Crippen molar-refractivity contribution >= 4 is 10.2 Å². The fraction of sp³-hybridized carbons (Fsp3) is 1.00. The third-order valence-electron chi connectivity index (χ3n) is 2.00. The maximum atomic E-state index is 11.6. The second kappa shape index (κ2) is 5.76. The Morgan fingerprint density at radius 3 is 2.53 bits per heavy atom. The van der Waals surface area contributed by atoms with Crippen molar-refractivity contribution in [2.75, 3.05) is 32.8 Å². The third-order valence-corrected chi connectivity index (χ3v) is 3.37. The first kappa shape index (κ1) is 12.9. The lowest BCUT2D eigenvalue weighted by molar-refractivity contribution is 0.0670. The number of rotatable bonds is 5. The second-order valence-corrected chi connectivity index (χ2v) is 5.58. The number of piperazine rings is 1. The lowest BCUT2D eigenvalue weighted by Crippen LogP contribution is -2.50. The zero-order valence-corrected chi connectivity index (χ0v) is 10.0. The Labute approximate surface area is 91.1 Å². The number of nitrogens with zero attached hydrogens (tertiary/aromatic N) is 1. The van der Waals surface area contributed by atoms with Crippen LogP contribution in [-0.2, 0) is 15.0 Å². The molecule has 1 aliphatic rings. The van der Waals surface area contributed by atoms with Gasteiger partial charge in [0.1, 0.15) is 0 Å². The second-order valence-electron chi connectivity index (χ2n) is 3.94. The molecule has 0 unspecified atom stereocenters.